The number of imidazole rings is 1. The molecule has 5 nitrogen and oxygen atoms in total. The molecule has 1 atom stereocenters. The van der Waals surface area contributed by atoms with Gasteiger partial charge in [-0.3, -0.25) is 4.40 Å². The molecule has 0 unspecified atom stereocenters. The maximum Gasteiger partial charge on any atom is 0.223 e. The summed E-state index contributed by atoms with van der Waals surface area (Å²) in [4.78, 5) is 14.1. The summed E-state index contributed by atoms with van der Waals surface area (Å²) in [6.07, 6.45) is 4.71. The van der Waals surface area contributed by atoms with E-state index in [2.05, 4.69) is 57.1 Å². The number of hydrogen-bond acceptors (Lipinski definition) is 4. The second kappa shape index (κ2) is 8.10. The van der Waals surface area contributed by atoms with Crippen molar-refractivity contribution in [2.45, 2.75) is 47.1 Å². The number of halogens is 1. The molecule has 0 amide bonds. The van der Waals surface area contributed by atoms with E-state index >= 15 is 0 Å². The van der Waals surface area contributed by atoms with Gasteiger partial charge in [0.2, 0.25) is 5.95 Å². The predicted molar refractivity (Wildman–Crippen MR) is 124 cm³/mol. The monoisotopic (exact) mass is 417 g/mol. The first-order chi connectivity index (χ1) is 14.8. The molecule has 0 saturated carbocycles. The third-order valence-corrected chi connectivity index (χ3v) is 5.76. The van der Waals surface area contributed by atoms with E-state index < -0.39 is 0 Å². The number of pyridine rings is 1. The summed E-state index contributed by atoms with van der Waals surface area (Å²) >= 11 is 0. The first-order valence-corrected chi connectivity index (χ1v) is 10.6. The lowest BCUT2D eigenvalue weighted by Gasteiger charge is -2.28. The van der Waals surface area contributed by atoms with Crippen LogP contribution in [0.4, 0.5) is 10.3 Å². The van der Waals surface area contributed by atoms with Gasteiger partial charge in [-0.05, 0) is 66.8 Å². The van der Waals surface area contributed by atoms with Gasteiger partial charge in [-0.2, -0.15) is 0 Å². The van der Waals surface area contributed by atoms with E-state index in [1.165, 1.54) is 17.7 Å². The molecule has 0 aliphatic heterocycles. The summed E-state index contributed by atoms with van der Waals surface area (Å²) in [5, 5.41) is 3.42. The third kappa shape index (κ3) is 4.29. The molecule has 0 saturated heterocycles. The van der Waals surface area contributed by atoms with Gasteiger partial charge < -0.3 is 5.32 Å². The molecule has 31 heavy (non-hydrogen) atoms. The summed E-state index contributed by atoms with van der Waals surface area (Å²) in [6.45, 7) is 10.8. The standard InChI is InChI=1S/C25H28FN5/c1-6-17-12-14-31-21(15-17)30-22(18-7-9-19(26)10-8-18)23(31)20-11-13-27-24(29-20)28-16(2)25(3,4)5/h7-16H,6H2,1-5H3,(H,27,28,29)/t16-/m0/s1. The molecule has 3 heterocycles. The number of anilines is 1. The van der Waals surface area contributed by atoms with Crippen LogP contribution >= 0.6 is 0 Å². The zero-order valence-electron chi connectivity index (χ0n) is 18.6. The topological polar surface area (TPSA) is 55.1 Å². The second-order valence-electron chi connectivity index (χ2n) is 8.93. The van der Waals surface area contributed by atoms with Gasteiger partial charge in [0.15, 0.2) is 0 Å². The highest BCUT2D eigenvalue weighted by Gasteiger charge is 2.22. The zero-order chi connectivity index (χ0) is 22.2. The minimum atomic E-state index is -0.271. The molecule has 160 valence electrons. The Kier molecular flexibility index (Phi) is 5.48. The van der Waals surface area contributed by atoms with E-state index in [9.17, 15) is 4.39 Å². The van der Waals surface area contributed by atoms with Crippen LogP contribution < -0.4 is 5.32 Å². The minimum absolute atomic E-state index is 0.0680. The van der Waals surface area contributed by atoms with E-state index in [-0.39, 0.29) is 17.3 Å². The highest BCUT2D eigenvalue weighted by atomic mass is 19.1. The predicted octanol–water partition coefficient (Wildman–Crippen LogP) is 6.01. The third-order valence-electron chi connectivity index (χ3n) is 5.76. The van der Waals surface area contributed by atoms with Gasteiger partial charge >= 0.3 is 0 Å². The Morgan fingerprint density at radius 1 is 1.06 bits per heavy atom. The Bertz CT molecular complexity index is 1210. The molecule has 0 radical (unpaired) electrons. The lowest BCUT2D eigenvalue weighted by Crippen LogP contribution is -2.31. The molecule has 1 aromatic carbocycles. The van der Waals surface area contributed by atoms with Crippen LogP contribution in [0, 0.1) is 11.2 Å². The van der Waals surface area contributed by atoms with E-state index in [0.29, 0.717) is 5.95 Å². The maximum absolute atomic E-state index is 13.5. The number of fused-ring (bicyclic) bond motifs is 1. The molecule has 0 aliphatic rings. The summed E-state index contributed by atoms with van der Waals surface area (Å²) in [5.74, 6) is 0.303. The fourth-order valence-corrected chi connectivity index (χ4v) is 3.33. The molecule has 4 aromatic rings. The molecule has 0 spiro atoms. The Balaban J connectivity index is 1.87. The highest BCUT2D eigenvalue weighted by molar-refractivity contribution is 5.80. The fraction of sp³-hybridized carbons (Fsp3) is 0.320. The largest absolute Gasteiger partial charge is 0.351 e. The van der Waals surface area contributed by atoms with Crippen LogP contribution in [0.15, 0.2) is 54.9 Å². The molecule has 4 rings (SSSR count). The summed E-state index contributed by atoms with van der Waals surface area (Å²) in [5.41, 5.74) is 5.34. The number of benzene rings is 1. The summed E-state index contributed by atoms with van der Waals surface area (Å²) in [7, 11) is 0. The van der Waals surface area contributed by atoms with Gasteiger partial charge in [0.05, 0.1) is 17.1 Å². The number of nitrogens with zero attached hydrogens (tertiary/aromatic N) is 4. The molecule has 1 N–H and O–H groups in total. The fourth-order valence-electron chi connectivity index (χ4n) is 3.33. The van der Waals surface area contributed by atoms with Crippen molar-refractivity contribution in [1.82, 2.24) is 19.4 Å². The van der Waals surface area contributed by atoms with Crippen LogP contribution in [-0.2, 0) is 6.42 Å². The van der Waals surface area contributed by atoms with E-state index in [0.717, 1.165) is 34.7 Å². The number of rotatable bonds is 5. The number of aryl methyl sites for hydroxylation is 1. The maximum atomic E-state index is 13.5. The number of hydrogen-bond donors (Lipinski definition) is 1. The van der Waals surface area contributed by atoms with Crippen molar-refractivity contribution in [2.75, 3.05) is 5.32 Å². The molecule has 3 aromatic heterocycles. The smallest absolute Gasteiger partial charge is 0.223 e. The van der Waals surface area contributed by atoms with Gasteiger partial charge in [0.1, 0.15) is 11.5 Å². The van der Waals surface area contributed by atoms with Crippen molar-refractivity contribution in [3.05, 3.63) is 66.2 Å². The van der Waals surface area contributed by atoms with Crippen molar-refractivity contribution >= 4 is 11.6 Å². The Hall–Kier alpha value is -3.28. The van der Waals surface area contributed by atoms with Crippen LogP contribution in [0.5, 0.6) is 0 Å². The van der Waals surface area contributed by atoms with Gasteiger partial charge in [-0.15, -0.1) is 0 Å². The molecule has 6 heteroatoms. The van der Waals surface area contributed by atoms with Crippen LogP contribution in [0.3, 0.4) is 0 Å². The Morgan fingerprint density at radius 2 is 1.81 bits per heavy atom. The van der Waals surface area contributed by atoms with Crippen LogP contribution in [-0.4, -0.2) is 25.4 Å². The van der Waals surface area contributed by atoms with Crippen LogP contribution in [0.1, 0.15) is 40.2 Å². The first kappa shape index (κ1) is 21.0. The molecule has 0 aliphatic carbocycles. The van der Waals surface area contributed by atoms with Gasteiger partial charge in [-0.1, -0.05) is 27.7 Å². The lowest BCUT2D eigenvalue weighted by molar-refractivity contribution is 0.358. The molecular weight excluding hydrogens is 389 g/mol. The SMILES string of the molecule is CCc1ccn2c(-c3ccnc(N[C@@H](C)C(C)(C)C)n3)c(-c3ccc(F)cc3)nc2c1. The minimum Gasteiger partial charge on any atom is -0.351 e. The second-order valence-corrected chi connectivity index (χ2v) is 8.93. The van der Waals surface area contributed by atoms with E-state index in [1.807, 2.05) is 16.7 Å². The normalized spacial score (nSPS) is 12.8. The van der Waals surface area contributed by atoms with Gasteiger partial charge in [-0.25, -0.2) is 19.3 Å². The summed E-state index contributed by atoms with van der Waals surface area (Å²) in [6, 6.07) is 12.7. The number of nitrogens with one attached hydrogen (secondary N) is 1. The van der Waals surface area contributed by atoms with Crippen molar-refractivity contribution in [2.24, 2.45) is 5.41 Å². The average molecular weight is 418 g/mol. The molecule has 0 bridgehead atoms. The van der Waals surface area contributed by atoms with Crippen molar-refractivity contribution in [3.63, 3.8) is 0 Å². The Morgan fingerprint density at radius 3 is 2.48 bits per heavy atom. The number of aromatic nitrogens is 4. The highest BCUT2D eigenvalue weighted by Crippen LogP contribution is 2.33. The molecule has 0 fully saturated rings. The van der Waals surface area contributed by atoms with Crippen molar-refractivity contribution in [3.8, 4) is 22.6 Å². The quantitative estimate of drug-likeness (QED) is 0.432. The van der Waals surface area contributed by atoms with Crippen LogP contribution in [0.2, 0.25) is 0 Å². The van der Waals surface area contributed by atoms with Gasteiger partial charge in [0, 0.05) is 24.0 Å². The lowest BCUT2D eigenvalue weighted by atomic mass is 9.88. The molecular formula is C25H28FN5. The van der Waals surface area contributed by atoms with Crippen molar-refractivity contribution < 1.29 is 4.39 Å². The van der Waals surface area contributed by atoms with Gasteiger partial charge in [0.25, 0.3) is 0 Å². The first-order valence-electron chi connectivity index (χ1n) is 10.6. The Labute approximate surface area is 182 Å². The summed E-state index contributed by atoms with van der Waals surface area (Å²) < 4.78 is 15.6. The van der Waals surface area contributed by atoms with E-state index in [4.69, 9.17) is 9.97 Å². The van der Waals surface area contributed by atoms with Crippen molar-refractivity contribution in [1.29, 1.82) is 0 Å². The van der Waals surface area contributed by atoms with Crippen LogP contribution in [0.25, 0.3) is 28.3 Å². The zero-order valence-corrected chi connectivity index (χ0v) is 18.6. The van der Waals surface area contributed by atoms with E-state index in [1.54, 1.807) is 18.3 Å². The average Bonchev–Trinajstić information content (AvgIpc) is 3.12.